The summed E-state index contributed by atoms with van der Waals surface area (Å²) in [6, 6.07) is 2.84. The number of phenolic OH excluding ortho intramolecular Hbond substituents is 1. The van der Waals surface area contributed by atoms with Gasteiger partial charge in [-0.15, -0.1) is 0 Å². The molecule has 1 aliphatic heterocycles. The molecule has 4 atom stereocenters. The van der Waals surface area contributed by atoms with E-state index in [1.54, 1.807) is 12.1 Å². The Hall–Kier alpha value is -3.67. The minimum Gasteiger partial charge on any atom is -0.508 e. The fraction of sp³-hybridized carbons (Fsp3) is 0.560. The van der Waals surface area contributed by atoms with Crippen molar-refractivity contribution in [3.63, 3.8) is 0 Å². The molecule has 1 heterocycles. The summed E-state index contributed by atoms with van der Waals surface area (Å²) in [4.78, 5) is 61.8. The molecule has 1 fully saturated rings. The molecule has 0 aliphatic carbocycles. The number of carboxylic acid groups (broad SMARTS) is 1. The number of carbonyl (C=O) groups excluding carboxylic acids is 4. The summed E-state index contributed by atoms with van der Waals surface area (Å²) in [7, 11) is 0. The van der Waals surface area contributed by atoms with Crippen LogP contribution in [0.2, 0.25) is 0 Å². The van der Waals surface area contributed by atoms with E-state index in [1.807, 2.05) is 13.8 Å². The lowest BCUT2D eigenvalue weighted by Crippen LogP contribution is -2.58. The quantitative estimate of drug-likeness (QED) is 0.180. The summed E-state index contributed by atoms with van der Waals surface area (Å²) in [6.07, 6.45) is 1.90. The molecule has 7 N–H and O–H groups in total. The second-order valence-electron chi connectivity index (χ2n) is 9.61. The molecule has 4 amide bonds. The van der Waals surface area contributed by atoms with Crippen LogP contribution in [0.3, 0.4) is 0 Å². The molecule has 1 aromatic rings. The molecule has 0 spiro atoms. The lowest BCUT2D eigenvalue weighted by Gasteiger charge is -2.26. The van der Waals surface area contributed by atoms with Gasteiger partial charge in [-0.05, 0) is 56.3 Å². The highest BCUT2D eigenvalue weighted by molar-refractivity contribution is 5.95. The first-order valence-electron chi connectivity index (χ1n) is 12.4. The van der Waals surface area contributed by atoms with E-state index in [-0.39, 0.29) is 30.4 Å². The number of aliphatic carboxylic acids is 1. The molecule has 1 aliphatic rings. The predicted molar refractivity (Wildman–Crippen MR) is 134 cm³/mol. The Bertz CT molecular complexity index is 961. The van der Waals surface area contributed by atoms with Crippen LogP contribution < -0.4 is 26.6 Å². The molecule has 1 aromatic carbocycles. The molecule has 204 valence electrons. The Balaban J connectivity index is 2.14. The fourth-order valence-corrected chi connectivity index (χ4v) is 3.93. The number of carbonyl (C=O) groups is 5. The van der Waals surface area contributed by atoms with E-state index in [2.05, 4.69) is 26.6 Å². The van der Waals surface area contributed by atoms with Gasteiger partial charge in [-0.25, -0.2) is 0 Å². The van der Waals surface area contributed by atoms with Crippen molar-refractivity contribution in [2.75, 3.05) is 13.1 Å². The monoisotopic (exact) mass is 519 g/mol. The highest BCUT2D eigenvalue weighted by atomic mass is 16.4. The Morgan fingerprint density at radius 2 is 1.59 bits per heavy atom. The van der Waals surface area contributed by atoms with Crippen molar-refractivity contribution in [3.8, 4) is 5.75 Å². The minimum atomic E-state index is -1.22. The van der Waals surface area contributed by atoms with Crippen LogP contribution in [0.25, 0.3) is 0 Å². The molecule has 0 saturated carbocycles. The lowest BCUT2D eigenvalue weighted by molar-refractivity contribution is -0.138. The van der Waals surface area contributed by atoms with Gasteiger partial charge in [0.05, 0.1) is 6.04 Å². The third-order valence-corrected chi connectivity index (χ3v) is 5.89. The smallest absolute Gasteiger partial charge is 0.322 e. The van der Waals surface area contributed by atoms with Crippen LogP contribution in [0.4, 0.5) is 0 Å². The molecule has 1 saturated heterocycles. The Labute approximate surface area is 216 Å². The Morgan fingerprint density at radius 1 is 0.946 bits per heavy atom. The molecule has 12 nitrogen and oxygen atoms in total. The van der Waals surface area contributed by atoms with Crippen LogP contribution in [0.15, 0.2) is 24.3 Å². The zero-order valence-corrected chi connectivity index (χ0v) is 21.4. The van der Waals surface area contributed by atoms with Crippen molar-refractivity contribution in [3.05, 3.63) is 29.8 Å². The number of benzene rings is 1. The minimum absolute atomic E-state index is 0.0139. The average Bonchev–Trinajstić information content (AvgIpc) is 3.37. The van der Waals surface area contributed by atoms with Gasteiger partial charge in [-0.1, -0.05) is 26.0 Å². The predicted octanol–water partition coefficient (Wildman–Crippen LogP) is -0.592. The molecule has 0 aromatic heterocycles. The van der Waals surface area contributed by atoms with Crippen LogP contribution >= 0.6 is 0 Å². The maximum absolute atomic E-state index is 13.3. The zero-order chi connectivity index (χ0) is 27.5. The van der Waals surface area contributed by atoms with Crippen molar-refractivity contribution < 1.29 is 34.2 Å². The van der Waals surface area contributed by atoms with Gasteiger partial charge in [0.2, 0.25) is 23.6 Å². The molecule has 0 radical (unpaired) electrons. The van der Waals surface area contributed by atoms with Gasteiger partial charge in [0.25, 0.3) is 0 Å². The topological polar surface area (TPSA) is 186 Å². The van der Waals surface area contributed by atoms with E-state index in [1.165, 1.54) is 19.1 Å². The van der Waals surface area contributed by atoms with Gasteiger partial charge < -0.3 is 36.8 Å². The van der Waals surface area contributed by atoms with E-state index >= 15 is 0 Å². The number of nitrogens with one attached hydrogen (secondary N) is 5. The van der Waals surface area contributed by atoms with Crippen molar-refractivity contribution in [2.24, 2.45) is 5.92 Å². The highest BCUT2D eigenvalue weighted by Crippen LogP contribution is 2.13. The second-order valence-corrected chi connectivity index (χ2v) is 9.61. The summed E-state index contributed by atoms with van der Waals surface area (Å²) >= 11 is 0. The lowest BCUT2D eigenvalue weighted by atomic mass is 10.0. The molecule has 0 unspecified atom stereocenters. The van der Waals surface area contributed by atoms with Gasteiger partial charge in [0.15, 0.2) is 0 Å². The summed E-state index contributed by atoms with van der Waals surface area (Å²) in [6.45, 7) is 5.28. The van der Waals surface area contributed by atoms with E-state index in [0.29, 0.717) is 18.5 Å². The van der Waals surface area contributed by atoms with Crippen LogP contribution in [0, 0.1) is 5.92 Å². The first-order chi connectivity index (χ1) is 17.5. The van der Waals surface area contributed by atoms with Gasteiger partial charge in [0.1, 0.15) is 30.4 Å². The van der Waals surface area contributed by atoms with E-state index in [9.17, 15) is 29.1 Å². The summed E-state index contributed by atoms with van der Waals surface area (Å²) in [5, 5.41) is 31.6. The van der Waals surface area contributed by atoms with Crippen LogP contribution in [0.1, 0.15) is 45.6 Å². The maximum Gasteiger partial charge on any atom is 0.322 e. The standard InChI is InChI=1S/C25H37N5O7/c1-14(2)11-19(24(36)28-15(3)22(34)27-13-21(32)33)29-25(37)20(12-16-6-8-17(31)9-7-16)30-23(35)18-5-4-10-26-18/h6-9,14-15,18-20,26,31H,4-5,10-13H2,1-3H3,(H,27,34)(H,28,36)(H,29,37)(H,30,35)(H,32,33)/t15-,18-,19-,20-/m0/s1. The second kappa shape index (κ2) is 14.2. The van der Waals surface area contributed by atoms with Gasteiger partial charge >= 0.3 is 5.97 Å². The van der Waals surface area contributed by atoms with Gasteiger partial charge in [-0.3, -0.25) is 24.0 Å². The van der Waals surface area contributed by atoms with Crippen molar-refractivity contribution in [2.45, 2.75) is 70.6 Å². The normalized spacial score (nSPS) is 17.4. The third-order valence-electron chi connectivity index (χ3n) is 5.89. The SMILES string of the molecule is CC(C)C[C@H](NC(=O)[C@H](Cc1ccc(O)cc1)NC(=O)[C@@H]1CCCN1)C(=O)N[C@@H](C)C(=O)NCC(=O)O. The summed E-state index contributed by atoms with van der Waals surface area (Å²) in [5.74, 6) is -3.29. The molecule has 2 rings (SSSR count). The van der Waals surface area contributed by atoms with Crippen molar-refractivity contribution in [1.82, 2.24) is 26.6 Å². The van der Waals surface area contributed by atoms with E-state index in [0.717, 1.165) is 6.42 Å². The molecule has 37 heavy (non-hydrogen) atoms. The van der Waals surface area contributed by atoms with Crippen LogP contribution in [0.5, 0.6) is 5.75 Å². The van der Waals surface area contributed by atoms with E-state index < -0.39 is 54.4 Å². The van der Waals surface area contributed by atoms with Gasteiger partial charge in [-0.2, -0.15) is 0 Å². The van der Waals surface area contributed by atoms with E-state index in [4.69, 9.17) is 5.11 Å². The van der Waals surface area contributed by atoms with Crippen LogP contribution in [-0.2, 0) is 30.4 Å². The van der Waals surface area contributed by atoms with Crippen molar-refractivity contribution >= 4 is 29.6 Å². The van der Waals surface area contributed by atoms with Crippen molar-refractivity contribution in [1.29, 1.82) is 0 Å². The third kappa shape index (κ3) is 10.1. The largest absolute Gasteiger partial charge is 0.508 e. The average molecular weight is 520 g/mol. The first-order valence-corrected chi connectivity index (χ1v) is 12.4. The number of carboxylic acids is 1. The molecule has 12 heteroatoms. The van der Waals surface area contributed by atoms with Gasteiger partial charge in [0, 0.05) is 6.42 Å². The number of hydrogen-bond acceptors (Lipinski definition) is 7. The Morgan fingerprint density at radius 3 is 2.16 bits per heavy atom. The fourth-order valence-electron chi connectivity index (χ4n) is 3.93. The summed E-state index contributed by atoms with van der Waals surface area (Å²) in [5.41, 5.74) is 0.700. The number of hydrogen-bond donors (Lipinski definition) is 7. The maximum atomic E-state index is 13.3. The summed E-state index contributed by atoms with van der Waals surface area (Å²) < 4.78 is 0. The number of rotatable bonds is 13. The zero-order valence-electron chi connectivity index (χ0n) is 21.4. The highest BCUT2D eigenvalue weighted by Gasteiger charge is 2.31. The number of aromatic hydroxyl groups is 1. The Kier molecular flexibility index (Phi) is 11.3. The number of phenols is 1. The molecular weight excluding hydrogens is 482 g/mol. The number of amides is 4. The molecular formula is C25H37N5O7. The van der Waals surface area contributed by atoms with Crippen LogP contribution in [-0.4, -0.2) is 77.1 Å². The molecule has 0 bridgehead atoms. The first kappa shape index (κ1) is 29.6.